The minimum atomic E-state index is -0.129. The fourth-order valence-electron chi connectivity index (χ4n) is 3.22. The number of nitrogens with one attached hydrogen (secondary N) is 2. The van der Waals surface area contributed by atoms with Gasteiger partial charge in [0.05, 0.1) is 15.4 Å². The van der Waals surface area contributed by atoms with Crippen LogP contribution in [0.3, 0.4) is 0 Å². The summed E-state index contributed by atoms with van der Waals surface area (Å²) in [6.45, 7) is 2.52. The van der Waals surface area contributed by atoms with E-state index in [2.05, 4.69) is 39.7 Å². The molecule has 5 nitrogen and oxygen atoms in total. The predicted molar refractivity (Wildman–Crippen MR) is 126 cm³/mol. The number of anilines is 2. The Labute approximate surface area is 188 Å². The summed E-state index contributed by atoms with van der Waals surface area (Å²) in [5.74, 6) is 0.599. The van der Waals surface area contributed by atoms with Crippen molar-refractivity contribution in [3.05, 3.63) is 69.8 Å². The van der Waals surface area contributed by atoms with Gasteiger partial charge in [0.25, 0.3) is 0 Å². The van der Waals surface area contributed by atoms with Gasteiger partial charge in [0.2, 0.25) is 5.91 Å². The molecule has 2 aromatic heterocycles. The maximum atomic E-state index is 12.3. The van der Waals surface area contributed by atoms with E-state index < -0.39 is 0 Å². The summed E-state index contributed by atoms with van der Waals surface area (Å²) in [4.78, 5) is 23.3. The Hall–Kier alpha value is -2.67. The number of nitrogens with zero attached hydrogens (tertiary/aromatic N) is 2. The van der Waals surface area contributed by atoms with Gasteiger partial charge in [0, 0.05) is 29.1 Å². The molecule has 0 atom stereocenters. The van der Waals surface area contributed by atoms with Crippen LogP contribution in [0.5, 0.6) is 0 Å². The van der Waals surface area contributed by atoms with Crippen LogP contribution in [0.4, 0.5) is 11.5 Å². The van der Waals surface area contributed by atoms with E-state index in [-0.39, 0.29) is 12.3 Å². The topological polar surface area (TPSA) is 66.9 Å². The van der Waals surface area contributed by atoms with Crippen molar-refractivity contribution < 1.29 is 4.79 Å². The first-order valence-electron chi connectivity index (χ1n) is 9.31. The van der Waals surface area contributed by atoms with Gasteiger partial charge >= 0.3 is 0 Å². The lowest BCUT2D eigenvalue weighted by Gasteiger charge is -2.10. The number of carbonyl (C=O) groups excluding carboxylic acids is 1. The number of benzene rings is 2. The Bertz CT molecular complexity index is 1210. The molecular weight excluding hydrogens is 439 g/mol. The highest BCUT2D eigenvalue weighted by molar-refractivity contribution is 7.19. The molecule has 0 unspecified atom stereocenters. The molecule has 0 spiro atoms. The molecule has 0 fully saturated rings. The molecular formula is C22H18Cl2N4OS. The van der Waals surface area contributed by atoms with Gasteiger partial charge in [-0.3, -0.25) is 4.79 Å². The van der Waals surface area contributed by atoms with Crippen molar-refractivity contribution in [2.45, 2.75) is 13.3 Å². The molecule has 8 heteroatoms. The normalized spacial score (nSPS) is 10.9. The average Bonchev–Trinajstić information content (AvgIpc) is 3.08. The van der Waals surface area contributed by atoms with Gasteiger partial charge < -0.3 is 10.6 Å². The molecule has 152 valence electrons. The third kappa shape index (κ3) is 4.41. The molecule has 2 aromatic carbocycles. The van der Waals surface area contributed by atoms with Crippen molar-refractivity contribution >= 4 is 62.2 Å². The summed E-state index contributed by atoms with van der Waals surface area (Å²) in [5.41, 5.74) is 2.86. The zero-order chi connectivity index (χ0) is 21.1. The number of aromatic nitrogens is 2. The van der Waals surface area contributed by atoms with Crippen molar-refractivity contribution in [3.8, 4) is 11.1 Å². The molecule has 0 aliphatic heterocycles. The van der Waals surface area contributed by atoms with Crippen molar-refractivity contribution in [3.63, 3.8) is 0 Å². The van der Waals surface area contributed by atoms with E-state index >= 15 is 0 Å². The number of hydrogen-bond donors (Lipinski definition) is 2. The summed E-state index contributed by atoms with van der Waals surface area (Å²) in [5, 5.41) is 7.95. The fraction of sp³-hybridized carbons (Fsp3) is 0.136. The quantitative estimate of drug-likeness (QED) is 0.351. The standard InChI is InChI=1S/C22H18Cl2N4OS/c1-13-19(14-5-3-2-4-6-14)20-21(26-12-27-22(20)30-13)25-10-9-18(29)28-15-7-8-16(23)17(24)11-15/h2-8,11-12H,9-10H2,1H3,(H,28,29)(H,25,26,27). The van der Waals surface area contributed by atoms with Crippen LogP contribution in [0.25, 0.3) is 21.3 Å². The number of thiophene rings is 1. The van der Waals surface area contributed by atoms with Gasteiger partial charge in [0.1, 0.15) is 17.0 Å². The number of halogens is 2. The third-order valence-electron chi connectivity index (χ3n) is 4.57. The number of aryl methyl sites for hydroxylation is 1. The number of rotatable bonds is 6. The van der Waals surface area contributed by atoms with E-state index in [0.717, 1.165) is 27.2 Å². The molecule has 4 aromatic rings. The highest BCUT2D eigenvalue weighted by Gasteiger charge is 2.16. The van der Waals surface area contributed by atoms with Crippen LogP contribution in [0.2, 0.25) is 10.0 Å². The smallest absolute Gasteiger partial charge is 0.226 e. The SMILES string of the molecule is Cc1sc2ncnc(NCCC(=O)Nc3ccc(Cl)c(Cl)c3)c2c1-c1ccccc1. The van der Waals surface area contributed by atoms with Gasteiger partial charge in [-0.05, 0) is 30.7 Å². The van der Waals surface area contributed by atoms with Gasteiger partial charge in [-0.25, -0.2) is 9.97 Å². The molecule has 2 N–H and O–H groups in total. The lowest BCUT2D eigenvalue weighted by molar-refractivity contribution is -0.115. The summed E-state index contributed by atoms with van der Waals surface area (Å²) in [6, 6.07) is 15.2. The number of hydrogen-bond acceptors (Lipinski definition) is 5. The largest absolute Gasteiger partial charge is 0.369 e. The van der Waals surface area contributed by atoms with E-state index in [1.54, 1.807) is 35.9 Å². The molecule has 0 saturated heterocycles. The van der Waals surface area contributed by atoms with Crippen LogP contribution >= 0.6 is 34.5 Å². The highest BCUT2D eigenvalue weighted by Crippen LogP contribution is 2.40. The Morgan fingerprint density at radius 3 is 2.63 bits per heavy atom. The van der Waals surface area contributed by atoms with Crippen LogP contribution in [-0.2, 0) is 4.79 Å². The molecule has 0 radical (unpaired) electrons. The lowest BCUT2D eigenvalue weighted by atomic mass is 10.0. The van der Waals surface area contributed by atoms with Crippen LogP contribution < -0.4 is 10.6 Å². The summed E-state index contributed by atoms with van der Waals surface area (Å²) < 4.78 is 0. The van der Waals surface area contributed by atoms with Crippen LogP contribution in [0.1, 0.15) is 11.3 Å². The Morgan fingerprint density at radius 2 is 1.87 bits per heavy atom. The van der Waals surface area contributed by atoms with E-state index in [1.165, 1.54) is 4.88 Å². The third-order valence-corrected chi connectivity index (χ3v) is 6.33. The van der Waals surface area contributed by atoms with Crippen molar-refractivity contribution in [1.29, 1.82) is 0 Å². The monoisotopic (exact) mass is 456 g/mol. The Balaban J connectivity index is 1.49. The molecule has 4 rings (SSSR count). The predicted octanol–water partition coefficient (Wildman–Crippen LogP) is 6.41. The summed E-state index contributed by atoms with van der Waals surface area (Å²) in [6.07, 6.45) is 1.82. The number of fused-ring (bicyclic) bond motifs is 1. The first-order chi connectivity index (χ1) is 14.5. The van der Waals surface area contributed by atoms with Gasteiger partial charge in [-0.2, -0.15) is 0 Å². The molecule has 1 amide bonds. The van der Waals surface area contributed by atoms with Crippen LogP contribution in [0, 0.1) is 6.92 Å². The second kappa shape index (κ2) is 9.00. The van der Waals surface area contributed by atoms with Crippen molar-refractivity contribution in [2.24, 2.45) is 0 Å². The van der Waals surface area contributed by atoms with Crippen molar-refractivity contribution in [1.82, 2.24) is 9.97 Å². The molecule has 30 heavy (non-hydrogen) atoms. The van der Waals surface area contributed by atoms with Gasteiger partial charge in [-0.1, -0.05) is 53.5 Å². The van der Waals surface area contributed by atoms with Crippen LogP contribution in [-0.4, -0.2) is 22.4 Å². The van der Waals surface area contributed by atoms with Crippen LogP contribution in [0.15, 0.2) is 54.9 Å². The van der Waals surface area contributed by atoms with E-state index in [4.69, 9.17) is 23.2 Å². The second-order valence-corrected chi connectivity index (χ2v) is 8.67. The Kier molecular flexibility index (Phi) is 6.18. The van der Waals surface area contributed by atoms with Gasteiger partial charge in [0.15, 0.2) is 0 Å². The molecule has 0 bridgehead atoms. The molecule has 2 heterocycles. The fourth-order valence-corrected chi connectivity index (χ4v) is 4.53. The maximum Gasteiger partial charge on any atom is 0.226 e. The van der Waals surface area contributed by atoms with Gasteiger partial charge in [-0.15, -0.1) is 11.3 Å². The maximum absolute atomic E-state index is 12.3. The summed E-state index contributed by atoms with van der Waals surface area (Å²) in [7, 11) is 0. The van der Waals surface area contributed by atoms with E-state index in [9.17, 15) is 4.79 Å². The first kappa shape index (κ1) is 20.6. The minimum absolute atomic E-state index is 0.129. The molecule has 0 saturated carbocycles. The van der Waals surface area contributed by atoms with Crippen molar-refractivity contribution in [2.75, 3.05) is 17.2 Å². The highest BCUT2D eigenvalue weighted by atomic mass is 35.5. The summed E-state index contributed by atoms with van der Waals surface area (Å²) >= 11 is 13.5. The Morgan fingerprint density at radius 1 is 1.07 bits per heavy atom. The molecule has 0 aliphatic rings. The zero-order valence-electron chi connectivity index (χ0n) is 16.1. The zero-order valence-corrected chi connectivity index (χ0v) is 18.4. The number of carbonyl (C=O) groups is 1. The van der Waals surface area contributed by atoms with E-state index in [1.807, 2.05) is 18.2 Å². The molecule has 0 aliphatic carbocycles. The second-order valence-electron chi connectivity index (χ2n) is 6.66. The average molecular weight is 457 g/mol. The number of amides is 1. The first-order valence-corrected chi connectivity index (χ1v) is 10.9. The van der Waals surface area contributed by atoms with E-state index in [0.29, 0.717) is 22.3 Å². The minimum Gasteiger partial charge on any atom is -0.369 e. The lowest BCUT2D eigenvalue weighted by Crippen LogP contribution is -2.16.